The molecule has 0 bridgehead atoms. The van der Waals surface area contributed by atoms with E-state index in [1.807, 2.05) is 0 Å². The lowest BCUT2D eigenvalue weighted by molar-refractivity contribution is 0.173. The highest BCUT2D eigenvalue weighted by molar-refractivity contribution is 4.96. The SMILES string of the molecule is CCCCCCCC(/C(F)=C/F)C(F)CF. The highest BCUT2D eigenvalue weighted by Gasteiger charge is 2.25. The Labute approximate surface area is 94.7 Å². The van der Waals surface area contributed by atoms with E-state index in [1.54, 1.807) is 0 Å². The van der Waals surface area contributed by atoms with Gasteiger partial charge in [-0.25, -0.2) is 17.6 Å². The van der Waals surface area contributed by atoms with Crippen molar-refractivity contribution >= 4 is 0 Å². The molecule has 0 aliphatic rings. The van der Waals surface area contributed by atoms with Gasteiger partial charge in [0.15, 0.2) is 0 Å². The van der Waals surface area contributed by atoms with Crippen LogP contribution in [-0.4, -0.2) is 12.8 Å². The topological polar surface area (TPSA) is 0 Å². The molecule has 2 unspecified atom stereocenters. The molecule has 0 radical (unpaired) electrons. The minimum absolute atomic E-state index is 0.168. The number of hydrogen-bond donors (Lipinski definition) is 0. The lowest BCUT2D eigenvalue weighted by Gasteiger charge is -2.16. The summed E-state index contributed by atoms with van der Waals surface area (Å²) in [7, 11) is 0. The quantitative estimate of drug-likeness (QED) is 0.390. The van der Waals surface area contributed by atoms with Crippen LogP contribution in [0.1, 0.15) is 45.4 Å². The summed E-state index contributed by atoms with van der Waals surface area (Å²) in [5, 5.41) is 0. The van der Waals surface area contributed by atoms with E-state index in [-0.39, 0.29) is 12.8 Å². The van der Waals surface area contributed by atoms with Gasteiger partial charge in [0.1, 0.15) is 25.0 Å². The molecule has 0 aliphatic carbocycles. The van der Waals surface area contributed by atoms with E-state index in [9.17, 15) is 17.6 Å². The Morgan fingerprint density at radius 2 is 1.81 bits per heavy atom. The molecule has 2 atom stereocenters. The van der Waals surface area contributed by atoms with Crippen LogP contribution in [0.3, 0.4) is 0 Å². The molecule has 0 aliphatic heterocycles. The van der Waals surface area contributed by atoms with Crippen LogP contribution in [-0.2, 0) is 0 Å². The van der Waals surface area contributed by atoms with Crippen LogP contribution < -0.4 is 0 Å². The van der Waals surface area contributed by atoms with Crippen LogP contribution in [0.2, 0.25) is 0 Å². The lowest BCUT2D eigenvalue weighted by Crippen LogP contribution is -2.18. The Balaban J connectivity index is 3.93. The second-order valence-electron chi connectivity index (χ2n) is 3.97. The number of rotatable bonds is 9. The zero-order valence-corrected chi connectivity index (χ0v) is 9.69. The minimum Gasteiger partial charge on any atom is -0.248 e. The summed E-state index contributed by atoms with van der Waals surface area (Å²) in [4.78, 5) is 0. The standard InChI is InChI=1S/C12H20F4/c1-2-3-4-5-6-7-10(11(15)8-13)12(16)9-14/h8,10,12H,2-7,9H2,1H3/b11-8-. The van der Waals surface area contributed by atoms with Gasteiger partial charge in [0.05, 0.1) is 0 Å². The van der Waals surface area contributed by atoms with E-state index in [0.29, 0.717) is 6.42 Å². The van der Waals surface area contributed by atoms with Crippen molar-refractivity contribution < 1.29 is 17.6 Å². The second-order valence-corrected chi connectivity index (χ2v) is 3.97. The van der Waals surface area contributed by atoms with Crippen LogP contribution in [0.4, 0.5) is 17.6 Å². The van der Waals surface area contributed by atoms with Gasteiger partial charge in [-0.3, -0.25) is 0 Å². The van der Waals surface area contributed by atoms with Gasteiger partial charge in [-0.05, 0) is 6.42 Å². The number of allylic oxidation sites excluding steroid dienone is 1. The first kappa shape index (κ1) is 15.5. The van der Waals surface area contributed by atoms with Crippen molar-refractivity contribution in [2.45, 2.75) is 51.6 Å². The fourth-order valence-electron chi connectivity index (χ4n) is 1.65. The first-order valence-corrected chi connectivity index (χ1v) is 5.83. The molecular formula is C12H20F4. The van der Waals surface area contributed by atoms with Crippen LogP contribution in [0.5, 0.6) is 0 Å². The third-order valence-corrected chi connectivity index (χ3v) is 2.66. The average Bonchev–Trinajstić information content (AvgIpc) is 2.32. The van der Waals surface area contributed by atoms with Crippen molar-refractivity contribution in [3.05, 3.63) is 12.2 Å². The number of unbranched alkanes of at least 4 members (excludes halogenated alkanes) is 4. The molecule has 0 aromatic heterocycles. The summed E-state index contributed by atoms with van der Waals surface area (Å²) >= 11 is 0. The van der Waals surface area contributed by atoms with Crippen molar-refractivity contribution in [2.75, 3.05) is 6.67 Å². The predicted octanol–water partition coefficient (Wildman–Crippen LogP) is 5.05. The monoisotopic (exact) mass is 240 g/mol. The van der Waals surface area contributed by atoms with E-state index < -0.39 is 24.6 Å². The summed E-state index contributed by atoms with van der Waals surface area (Å²) in [6.07, 6.45) is 2.58. The van der Waals surface area contributed by atoms with E-state index in [1.165, 1.54) is 0 Å². The fraction of sp³-hybridized carbons (Fsp3) is 0.833. The second kappa shape index (κ2) is 9.67. The van der Waals surface area contributed by atoms with E-state index in [2.05, 4.69) is 6.92 Å². The fourth-order valence-corrected chi connectivity index (χ4v) is 1.65. The van der Waals surface area contributed by atoms with Gasteiger partial charge >= 0.3 is 0 Å². The first-order chi connectivity index (χ1) is 7.67. The Bertz CT molecular complexity index is 191. The molecule has 0 saturated carbocycles. The van der Waals surface area contributed by atoms with Crippen molar-refractivity contribution in [1.29, 1.82) is 0 Å². The molecule has 0 aromatic carbocycles. The van der Waals surface area contributed by atoms with Crippen LogP contribution in [0.25, 0.3) is 0 Å². The Morgan fingerprint density at radius 3 is 2.31 bits per heavy atom. The van der Waals surface area contributed by atoms with E-state index in [4.69, 9.17) is 0 Å². The molecule has 0 saturated heterocycles. The predicted molar refractivity (Wildman–Crippen MR) is 58.0 cm³/mol. The van der Waals surface area contributed by atoms with Gasteiger partial charge in [-0.15, -0.1) is 0 Å². The molecule has 0 nitrogen and oxygen atoms in total. The molecule has 16 heavy (non-hydrogen) atoms. The summed E-state index contributed by atoms with van der Waals surface area (Å²) < 4.78 is 49.9. The lowest BCUT2D eigenvalue weighted by atomic mass is 9.95. The highest BCUT2D eigenvalue weighted by Crippen LogP contribution is 2.26. The first-order valence-electron chi connectivity index (χ1n) is 5.83. The van der Waals surface area contributed by atoms with Gasteiger partial charge in [-0.1, -0.05) is 39.0 Å². The Hall–Kier alpha value is -0.540. The highest BCUT2D eigenvalue weighted by atomic mass is 19.2. The summed E-state index contributed by atoms with van der Waals surface area (Å²) in [6, 6.07) is 0. The van der Waals surface area contributed by atoms with E-state index in [0.717, 1.165) is 25.7 Å². The maximum Gasteiger partial charge on any atom is 0.137 e. The normalized spacial score (nSPS) is 16.2. The van der Waals surface area contributed by atoms with Gasteiger partial charge in [-0.2, -0.15) is 0 Å². The number of halogens is 4. The number of alkyl halides is 2. The maximum absolute atomic E-state index is 13.0. The van der Waals surface area contributed by atoms with Gasteiger partial charge < -0.3 is 0 Å². The van der Waals surface area contributed by atoms with Crippen molar-refractivity contribution in [3.8, 4) is 0 Å². The van der Waals surface area contributed by atoms with Crippen molar-refractivity contribution in [1.82, 2.24) is 0 Å². The van der Waals surface area contributed by atoms with Crippen molar-refractivity contribution in [2.24, 2.45) is 5.92 Å². The van der Waals surface area contributed by atoms with Gasteiger partial charge in [0.25, 0.3) is 0 Å². The largest absolute Gasteiger partial charge is 0.248 e. The third-order valence-electron chi connectivity index (χ3n) is 2.66. The zero-order chi connectivity index (χ0) is 12.4. The van der Waals surface area contributed by atoms with E-state index >= 15 is 0 Å². The number of hydrogen-bond acceptors (Lipinski definition) is 0. The summed E-state index contributed by atoms with van der Waals surface area (Å²) in [5.74, 6) is -2.43. The van der Waals surface area contributed by atoms with Gasteiger partial charge in [0, 0.05) is 5.92 Å². The molecule has 0 heterocycles. The molecule has 0 aromatic rings. The smallest absolute Gasteiger partial charge is 0.137 e. The Morgan fingerprint density at radius 1 is 1.19 bits per heavy atom. The minimum atomic E-state index is -1.93. The Kier molecular flexibility index (Phi) is 9.34. The molecule has 0 fully saturated rings. The van der Waals surface area contributed by atoms with Crippen LogP contribution in [0, 0.1) is 5.92 Å². The molecule has 0 rings (SSSR count). The molecular weight excluding hydrogens is 220 g/mol. The maximum atomic E-state index is 13.0. The molecule has 0 amide bonds. The molecule has 96 valence electrons. The molecule has 0 N–H and O–H groups in total. The van der Waals surface area contributed by atoms with Crippen LogP contribution in [0.15, 0.2) is 12.2 Å². The molecule has 0 spiro atoms. The van der Waals surface area contributed by atoms with Gasteiger partial charge in [0.2, 0.25) is 0 Å². The summed E-state index contributed by atoms with van der Waals surface area (Å²) in [6.45, 7) is 0.801. The summed E-state index contributed by atoms with van der Waals surface area (Å²) in [5.41, 5.74) is 0. The van der Waals surface area contributed by atoms with Crippen molar-refractivity contribution in [3.63, 3.8) is 0 Å². The van der Waals surface area contributed by atoms with Crippen LogP contribution >= 0.6 is 0 Å². The molecule has 4 heteroatoms. The zero-order valence-electron chi connectivity index (χ0n) is 9.69. The average molecular weight is 240 g/mol. The third kappa shape index (κ3) is 6.13.